The molecule has 148 valence electrons. The van der Waals surface area contributed by atoms with Crippen molar-refractivity contribution in [2.24, 2.45) is 29.6 Å². The lowest BCUT2D eigenvalue weighted by Gasteiger charge is -2.21. The number of carbonyl (C=O) groups excluding carboxylic acids is 1. The van der Waals surface area contributed by atoms with Crippen LogP contribution in [0.2, 0.25) is 0 Å². The van der Waals surface area contributed by atoms with Crippen LogP contribution >= 0.6 is 0 Å². The van der Waals surface area contributed by atoms with Crippen LogP contribution in [-0.4, -0.2) is 28.6 Å². The molecule has 4 nitrogen and oxygen atoms in total. The lowest BCUT2D eigenvalue weighted by molar-refractivity contribution is -0.138. The van der Waals surface area contributed by atoms with Crippen LogP contribution < -0.4 is 0 Å². The summed E-state index contributed by atoms with van der Waals surface area (Å²) in [6.45, 7) is 2.45. The minimum atomic E-state index is -0.650. The average molecular weight is 365 g/mol. The number of hydrogen-bond donors (Lipinski definition) is 2. The number of aliphatic carboxylic acids is 1. The Labute approximate surface area is 158 Å². The summed E-state index contributed by atoms with van der Waals surface area (Å²) >= 11 is 0. The van der Waals surface area contributed by atoms with Crippen molar-refractivity contribution >= 4 is 11.8 Å². The highest BCUT2D eigenvalue weighted by Gasteiger charge is 2.42. The molecule has 0 spiro atoms. The molecular weight excluding hydrogens is 328 g/mol. The van der Waals surface area contributed by atoms with Gasteiger partial charge in [-0.25, -0.2) is 0 Å². The molecule has 0 saturated heterocycles. The Morgan fingerprint density at radius 3 is 2.58 bits per heavy atom. The molecule has 2 rings (SSSR count). The average Bonchev–Trinajstić information content (AvgIpc) is 3.33. The van der Waals surface area contributed by atoms with E-state index in [4.69, 9.17) is 5.11 Å². The van der Waals surface area contributed by atoms with Crippen molar-refractivity contribution in [3.63, 3.8) is 0 Å². The molecule has 0 unspecified atom stereocenters. The number of aliphatic hydroxyl groups is 1. The van der Waals surface area contributed by atoms with Crippen LogP contribution in [0, 0.1) is 29.6 Å². The van der Waals surface area contributed by atoms with Crippen LogP contribution in [0.15, 0.2) is 12.2 Å². The van der Waals surface area contributed by atoms with E-state index >= 15 is 0 Å². The maximum atomic E-state index is 12.2. The first kappa shape index (κ1) is 21.1. The molecule has 2 aliphatic carbocycles. The number of carboxylic acid groups (broad SMARTS) is 1. The number of rotatable bonds is 14. The third-order valence-electron chi connectivity index (χ3n) is 6.35. The maximum absolute atomic E-state index is 12.2. The van der Waals surface area contributed by atoms with E-state index in [2.05, 4.69) is 13.0 Å². The van der Waals surface area contributed by atoms with Gasteiger partial charge in [0.05, 0.1) is 5.92 Å². The first-order valence-electron chi connectivity index (χ1n) is 10.6. The molecule has 2 N–H and O–H groups in total. The predicted molar refractivity (Wildman–Crippen MR) is 103 cm³/mol. The lowest BCUT2D eigenvalue weighted by Crippen LogP contribution is -2.18. The SMILES string of the molecule is CCCCC[C@@H](CO)CC[C@H]1C=CC(=O)[C@@H]1CCCC[C@@H]1C[C@H]1C(=O)O. The Hall–Kier alpha value is -1.16. The van der Waals surface area contributed by atoms with Gasteiger partial charge in [-0.05, 0) is 62.4 Å². The van der Waals surface area contributed by atoms with E-state index in [9.17, 15) is 14.7 Å². The molecule has 0 aromatic carbocycles. The molecule has 0 radical (unpaired) electrons. The first-order chi connectivity index (χ1) is 12.6. The van der Waals surface area contributed by atoms with Crippen molar-refractivity contribution in [2.45, 2.75) is 77.6 Å². The summed E-state index contributed by atoms with van der Waals surface area (Å²) in [7, 11) is 0. The van der Waals surface area contributed by atoms with Crippen LogP contribution in [0.1, 0.15) is 77.6 Å². The van der Waals surface area contributed by atoms with Crippen LogP contribution in [-0.2, 0) is 9.59 Å². The fourth-order valence-electron chi connectivity index (χ4n) is 4.42. The van der Waals surface area contributed by atoms with Crippen molar-refractivity contribution in [1.29, 1.82) is 0 Å². The number of carboxylic acids is 1. The van der Waals surface area contributed by atoms with E-state index < -0.39 is 5.97 Å². The zero-order valence-corrected chi connectivity index (χ0v) is 16.2. The quantitative estimate of drug-likeness (QED) is 0.441. The minimum Gasteiger partial charge on any atom is -0.481 e. The normalized spacial score (nSPS) is 28.5. The fourth-order valence-corrected chi connectivity index (χ4v) is 4.42. The molecule has 0 bridgehead atoms. The lowest BCUT2D eigenvalue weighted by atomic mass is 9.84. The van der Waals surface area contributed by atoms with Gasteiger partial charge in [-0.15, -0.1) is 0 Å². The summed E-state index contributed by atoms with van der Waals surface area (Å²) in [5.41, 5.74) is 0. The highest BCUT2D eigenvalue weighted by molar-refractivity contribution is 5.94. The largest absolute Gasteiger partial charge is 0.481 e. The predicted octanol–water partition coefficient (Wildman–Crippen LogP) is 4.61. The number of carbonyl (C=O) groups is 2. The van der Waals surface area contributed by atoms with E-state index in [1.54, 1.807) is 6.08 Å². The van der Waals surface area contributed by atoms with Gasteiger partial charge in [0.2, 0.25) is 0 Å². The summed E-state index contributed by atoms with van der Waals surface area (Å²) in [5, 5.41) is 18.5. The Balaban J connectivity index is 1.65. The van der Waals surface area contributed by atoms with Gasteiger partial charge in [0.25, 0.3) is 0 Å². The van der Waals surface area contributed by atoms with Gasteiger partial charge in [0.15, 0.2) is 5.78 Å². The molecule has 0 amide bonds. The standard InChI is InChI=1S/C22H36O4/c1-2-3-4-7-16(15-23)10-11-17-12-13-21(24)19(17)9-6-5-8-18-14-20(18)22(25)26/h12-13,16-20,23H,2-11,14-15H2,1H3,(H,25,26)/t16-,17+,18-,19-,20-/m1/s1. The smallest absolute Gasteiger partial charge is 0.306 e. The molecule has 4 heteroatoms. The molecule has 0 heterocycles. The second-order valence-electron chi connectivity index (χ2n) is 8.38. The molecule has 0 aliphatic heterocycles. The van der Waals surface area contributed by atoms with Crippen LogP contribution in [0.4, 0.5) is 0 Å². The molecule has 26 heavy (non-hydrogen) atoms. The molecule has 0 aromatic rings. The van der Waals surface area contributed by atoms with E-state index in [0.717, 1.165) is 51.4 Å². The van der Waals surface area contributed by atoms with Gasteiger partial charge >= 0.3 is 5.97 Å². The zero-order chi connectivity index (χ0) is 18.9. The number of unbranched alkanes of at least 4 members (excludes halogenated alkanes) is 3. The monoisotopic (exact) mass is 364 g/mol. The summed E-state index contributed by atoms with van der Waals surface area (Å²) in [4.78, 5) is 23.0. The molecule has 1 saturated carbocycles. The van der Waals surface area contributed by atoms with Crippen molar-refractivity contribution in [2.75, 3.05) is 6.61 Å². The molecular formula is C22H36O4. The Morgan fingerprint density at radius 2 is 1.92 bits per heavy atom. The van der Waals surface area contributed by atoms with Crippen molar-refractivity contribution in [3.05, 3.63) is 12.2 Å². The van der Waals surface area contributed by atoms with Gasteiger partial charge in [-0.3, -0.25) is 9.59 Å². The zero-order valence-electron chi connectivity index (χ0n) is 16.2. The highest BCUT2D eigenvalue weighted by atomic mass is 16.4. The molecule has 1 fully saturated rings. The Bertz CT molecular complexity index is 485. The van der Waals surface area contributed by atoms with Gasteiger partial charge in [0, 0.05) is 12.5 Å². The first-order valence-corrected chi connectivity index (χ1v) is 10.6. The van der Waals surface area contributed by atoms with Crippen LogP contribution in [0.25, 0.3) is 0 Å². The maximum Gasteiger partial charge on any atom is 0.306 e. The van der Waals surface area contributed by atoms with Gasteiger partial charge in [-0.2, -0.15) is 0 Å². The fraction of sp³-hybridized carbons (Fsp3) is 0.818. The van der Waals surface area contributed by atoms with Gasteiger partial charge < -0.3 is 10.2 Å². The number of ketones is 1. The molecule has 0 aromatic heterocycles. The van der Waals surface area contributed by atoms with E-state index in [-0.39, 0.29) is 24.2 Å². The van der Waals surface area contributed by atoms with Crippen LogP contribution in [0.3, 0.4) is 0 Å². The Morgan fingerprint density at radius 1 is 1.15 bits per heavy atom. The highest BCUT2D eigenvalue weighted by Crippen LogP contribution is 2.43. The third-order valence-corrected chi connectivity index (χ3v) is 6.35. The second-order valence-corrected chi connectivity index (χ2v) is 8.38. The molecule has 2 aliphatic rings. The number of hydrogen-bond acceptors (Lipinski definition) is 3. The number of aliphatic hydroxyl groups excluding tert-OH is 1. The van der Waals surface area contributed by atoms with E-state index in [1.807, 2.05) is 0 Å². The van der Waals surface area contributed by atoms with Crippen molar-refractivity contribution in [3.8, 4) is 0 Å². The van der Waals surface area contributed by atoms with Gasteiger partial charge in [-0.1, -0.05) is 45.1 Å². The summed E-state index contributed by atoms with van der Waals surface area (Å²) in [6.07, 6.45) is 15.3. The second kappa shape index (κ2) is 10.9. The minimum absolute atomic E-state index is 0.111. The van der Waals surface area contributed by atoms with Crippen molar-refractivity contribution < 1.29 is 19.8 Å². The topological polar surface area (TPSA) is 74.6 Å². The Kier molecular flexibility index (Phi) is 8.83. The van der Waals surface area contributed by atoms with Crippen LogP contribution in [0.5, 0.6) is 0 Å². The van der Waals surface area contributed by atoms with E-state index in [1.165, 1.54) is 19.3 Å². The summed E-state index contributed by atoms with van der Waals surface area (Å²) < 4.78 is 0. The number of allylic oxidation sites excluding steroid dienone is 2. The molecule has 5 atom stereocenters. The summed E-state index contributed by atoms with van der Waals surface area (Å²) in [5.74, 6) is 0.678. The third kappa shape index (κ3) is 6.53. The van der Waals surface area contributed by atoms with E-state index in [0.29, 0.717) is 17.8 Å². The van der Waals surface area contributed by atoms with Crippen molar-refractivity contribution in [1.82, 2.24) is 0 Å². The van der Waals surface area contributed by atoms with Gasteiger partial charge in [0.1, 0.15) is 0 Å². The summed E-state index contributed by atoms with van der Waals surface area (Å²) in [6, 6.07) is 0.